The molecule has 2 aromatic carbocycles. The van der Waals surface area contributed by atoms with Gasteiger partial charge >= 0.3 is 5.97 Å². The highest BCUT2D eigenvalue weighted by molar-refractivity contribution is 6.01. The fourth-order valence-corrected chi connectivity index (χ4v) is 4.38. The molecule has 2 unspecified atom stereocenters. The smallest absolute Gasteiger partial charge is 0.312 e. The standard InChI is InChI=1S/C23H24N2O4/c1-14-6-5-9-20(15(14)2)25-12-17(10-21(25)26)22(27)24-11-16-7-3-4-8-18(16)19(13-24)23(28)29/h3-9,17,19H,10-13H2,1-2H3,(H,28,29). The number of rotatable bonds is 3. The van der Waals surface area contributed by atoms with E-state index in [9.17, 15) is 19.5 Å². The molecule has 2 aliphatic heterocycles. The molecule has 0 bridgehead atoms. The van der Waals surface area contributed by atoms with Gasteiger partial charge in [0, 0.05) is 31.7 Å². The molecule has 2 aliphatic rings. The maximum Gasteiger partial charge on any atom is 0.312 e. The number of aryl methyl sites for hydroxylation is 1. The summed E-state index contributed by atoms with van der Waals surface area (Å²) in [5, 5.41) is 9.64. The van der Waals surface area contributed by atoms with Gasteiger partial charge in [-0.2, -0.15) is 0 Å². The third kappa shape index (κ3) is 3.39. The molecule has 2 heterocycles. The quantitative estimate of drug-likeness (QED) is 0.871. The number of amides is 2. The summed E-state index contributed by atoms with van der Waals surface area (Å²) in [6.07, 6.45) is 0.155. The maximum atomic E-state index is 13.2. The van der Waals surface area contributed by atoms with Crippen molar-refractivity contribution < 1.29 is 19.5 Å². The largest absolute Gasteiger partial charge is 0.481 e. The monoisotopic (exact) mass is 392 g/mol. The Hall–Kier alpha value is -3.15. The number of carboxylic acid groups (broad SMARTS) is 1. The van der Waals surface area contributed by atoms with Crippen molar-refractivity contribution in [1.82, 2.24) is 4.90 Å². The summed E-state index contributed by atoms with van der Waals surface area (Å²) >= 11 is 0. The van der Waals surface area contributed by atoms with Crippen LogP contribution in [-0.4, -0.2) is 40.9 Å². The van der Waals surface area contributed by atoms with Crippen molar-refractivity contribution in [3.8, 4) is 0 Å². The first-order valence-corrected chi connectivity index (χ1v) is 9.82. The van der Waals surface area contributed by atoms with Gasteiger partial charge in [0.05, 0.1) is 11.8 Å². The molecule has 1 N–H and O–H groups in total. The third-order valence-electron chi connectivity index (χ3n) is 6.15. The Kier molecular flexibility index (Phi) is 4.86. The fourth-order valence-electron chi connectivity index (χ4n) is 4.38. The number of nitrogens with zero attached hydrogens (tertiary/aromatic N) is 2. The minimum Gasteiger partial charge on any atom is -0.481 e. The zero-order valence-electron chi connectivity index (χ0n) is 16.6. The van der Waals surface area contributed by atoms with E-state index in [0.29, 0.717) is 13.1 Å². The van der Waals surface area contributed by atoms with Gasteiger partial charge in [-0.3, -0.25) is 14.4 Å². The minimum absolute atomic E-state index is 0.0655. The number of carbonyl (C=O) groups excluding carboxylic acids is 2. The molecule has 6 nitrogen and oxygen atoms in total. The van der Waals surface area contributed by atoms with E-state index in [0.717, 1.165) is 27.9 Å². The Morgan fingerprint density at radius 1 is 1.03 bits per heavy atom. The van der Waals surface area contributed by atoms with Crippen LogP contribution in [-0.2, 0) is 20.9 Å². The van der Waals surface area contributed by atoms with Crippen LogP contribution in [0.3, 0.4) is 0 Å². The van der Waals surface area contributed by atoms with Crippen LogP contribution in [0.2, 0.25) is 0 Å². The molecule has 6 heteroatoms. The zero-order valence-corrected chi connectivity index (χ0v) is 16.6. The lowest BCUT2D eigenvalue weighted by atomic mass is 9.89. The number of carbonyl (C=O) groups is 3. The first-order chi connectivity index (χ1) is 13.9. The Morgan fingerprint density at radius 2 is 1.79 bits per heavy atom. The van der Waals surface area contributed by atoms with E-state index in [2.05, 4.69) is 0 Å². The minimum atomic E-state index is -0.936. The van der Waals surface area contributed by atoms with Crippen molar-refractivity contribution in [2.24, 2.45) is 5.92 Å². The predicted octanol–water partition coefficient (Wildman–Crippen LogP) is 2.87. The highest BCUT2D eigenvalue weighted by Crippen LogP contribution is 2.33. The van der Waals surface area contributed by atoms with Gasteiger partial charge in [-0.1, -0.05) is 36.4 Å². The van der Waals surface area contributed by atoms with Crippen LogP contribution in [0, 0.1) is 19.8 Å². The number of benzene rings is 2. The van der Waals surface area contributed by atoms with Crippen LogP contribution in [0.25, 0.3) is 0 Å². The van der Waals surface area contributed by atoms with Gasteiger partial charge in [0.25, 0.3) is 0 Å². The lowest BCUT2D eigenvalue weighted by Gasteiger charge is -2.34. The van der Waals surface area contributed by atoms with Gasteiger partial charge in [0.1, 0.15) is 0 Å². The molecule has 1 fully saturated rings. The van der Waals surface area contributed by atoms with Crippen LogP contribution in [0.5, 0.6) is 0 Å². The zero-order chi connectivity index (χ0) is 20.7. The van der Waals surface area contributed by atoms with E-state index >= 15 is 0 Å². The fraction of sp³-hybridized carbons (Fsp3) is 0.348. The number of carboxylic acids is 1. The first kappa shape index (κ1) is 19.2. The summed E-state index contributed by atoms with van der Waals surface area (Å²) in [4.78, 5) is 40.9. The van der Waals surface area contributed by atoms with E-state index < -0.39 is 17.8 Å². The molecule has 0 aliphatic carbocycles. The van der Waals surface area contributed by atoms with Crippen LogP contribution < -0.4 is 4.90 Å². The third-order valence-corrected chi connectivity index (χ3v) is 6.15. The molecule has 29 heavy (non-hydrogen) atoms. The molecular formula is C23H24N2O4. The Bertz CT molecular complexity index is 1000. The summed E-state index contributed by atoms with van der Waals surface area (Å²) in [7, 11) is 0. The molecule has 0 radical (unpaired) electrons. The lowest BCUT2D eigenvalue weighted by molar-refractivity contribution is -0.142. The maximum absolute atomic E-state index is 13.2. The Morgan fingerprint density at radius 3 is 2.55 bits per heavy atom. The van der Waals surface area contributed by atoms with Crippen molar-refractivity contribution in [1.29, 1.82) is 0 Å². The molecular weight excluding hydrogens is 368 g/mol. The van der Waals surface area contributed by atoms with Gasteiger partial charge in [-0.25, -0.2) is 0 Å². The number of fused-ring (bicyclic) bond motifs is 1. The van der Waals surface area contributed by atoms with E-state index in [-0.39, 0.29) is 24.8 Å². The van der Waals surface area contributed by atoms with Crippen molar-refractivity contribution in [3.63, 3.8) is 0 Å². The van der Waals surface area contributed by atoms with Crippen LogP contribution >= 0.6 is 0 Å². The number of aliphatic carboxylic acids is 1. The molecule has 2 aromatic rings. The Labute approximate surface area is 169 Å². The van der Waals surface area contributed by atoms with Crippen molar-refractivity contribution in [2.45, 2.75) is 32.7 Å². The highest BCUT2D eigenvalue weighted by Gasteiger charge is 2.40. The molecule has 0 aromatic heterocycles. The summed E-state index contributed by atoms with van der Waals surface area (Å²) in [5.74, 6) is -2.34. The average molecular weight is 392 g/mol. The predicted molar refractivity (Wildman–Crippen MR) is 109 cm³/mol. The first-order valence-electron chi connectivity index (χ1n) is 9.82. The molecule has 0 saturated carbocycles. The average Bonchev–Trinajstić information content (AvgIpc) is 3.10. The topological polar surface area (TPSA) is 77.9 Å². The number of hydrogen-bond acceptors (Lipinski definition) is 3. The molecule has 2 amide bonds. The number of hydrogen-bond donors (Lipinski definition) is 1. The van der Waals surface area contributed by atoms with Gasteiger partial charge in [-0.05, 0) is 42.2 Å². The van der Waals surface area contributed by atoms with Gasteiger partial charge in [0.2, 0.25) is 11.8 Å². The molecule has 2 atom stereocenters. The summed E-state index contributed by atoms with van der Waals surface area (Å²) < 4.78 is 0. The van der Waals surface area contributed by atoms with Gasteiger partial charge in [-0.15, -0.1) is 0 Å². The van der Waals surface area contributed by atoms with Gasteiger partial charge < -0.3 is 14.9 Å². The van der Waals surface area contributed by atoms with Crippen molar-refractivity contribution in [2.75, 3.05) is 18.0 Å². The Balaban J connectivity index is 1.56. The lowest BCUT2D eigenvalue weighted by Crippen LogP contribution is -2.44. The van der Waals surface area contributed by atoms with E-state index in [1.807, 2.05) is 56.3 Å². The van der Waals surface area contributed by atoms with E-state index in [1.54, 1.807) is 9.80 Å². The van der Waals surface area contributed by atoms with Crippen LogP contribution in [0.1, 0.15) is 34.6 Å². The molecule has 0 spiro atoms. The molecule has 1 saturated heterocycles. The summed E-state index contributed by atoms with van der Waals surface area (Å²) in [5.41, 5.74) is 4.60. The SMILES string of the molecule is Cc1cccc(N2CC(C(=O)N3Cc4ccccc4C(C(=O)O)C3)CC2=O)c1C. The summed E-state index contributed by atoms with van der Waals surface area (Å²) in [6, 6.07) is 13.2. The highest BCUT2D eigenvalue weighted by atomic mass is 16.4. The number of anilines is 1. The normalized spacial score (nSPS) is 21.2. The second-order valence-electron chi connectivity index (χ2n) is 7.93. The molecule has 150 valence electrons. The van der Waals surface area contributed by atoms with Crippen LogP contribution in [0.15, 0.2) is 42.5 Å². The molecule has 4 rings (SSSR count). The second kappa shape index (κ2) is 7.35. The van der Waals surface area contributed by atoms with Crippen LogP contribution in [0.4, 0.5) is 5.69 Å². The van der Waals surface area contributed by atoms with E-state index in [1.165, 1.54) is 0 Å². The van der Waals surface area contributed by atoms with Crippen molar-refractivity contribution in [3.05, 3.63) is 64.7 Å². The van der Waals surface area contributed by atoms with Gasteiger partial charge in [0.15, 0.2) is 0 Å². The summed E-state index contributed by atoms with van der Waals surface area (Å²) in [6.45, 7) is 4.83. The second-order valence-corrected chi connectivity index (χ2v) is 7.93. The van der Waals surface area contributed by atoms with E-state index in [4.69, 9.17) is 0 Å². The van der Waals surface area contributed by atoms with Crippen molar-refractivity contribution >= 4 is 23.5 Å².